The van der Waals surface area contributed by atoms with Crippen LogP contribution in [0.4, 0.5) is 0 Å². The van der Waals surface area contributed by atoms with Crippen LogP contribution < -0.4 is 0 Å². The molecule has 1 unspecified atom stereocenters. The van der Waals surface area contributed by atoms with E-state index in [1.165, 1.54) is 0 Å². The van der Waals surface area contributed by atoms with Gasteiger partial charge in [0, 0.05) is 12.8 Å². The van der Waals surface area contributed by atoms with Crippen LogP contribution in [0, 0.1) is 0 Å². The van der Waals surface area contributed by atoms with Crippen LogP contribution in [0.3, 0.4) is 0 Å². The highest BCUT2D eigenvalue weighted by molar-refractivity contribution is 7.99. The van der Waals surface area contributed by atoms with Crippen molar-refractivity contribution >= 4 is 29.5 Å². The van der Waals surface area contributed by atoms with E-state index in [9.17, 15) is 14.4 Å². The number of imide groups is 1. The number of rotatable bonds is 7. The predicted molar refractivity (Wildman–Crippen MR) is 69.4 cm³/mol. The van der Waals surface area contributed by atoms with Gasteiger partial charge in [0.1, 0.15) is 6.04 Å². The molecule has 1 atom stereocenters. The van der Waals surface area contributed by atoms with Gasteiger partial charge in [0.25, 0.3) is 0 Å². The third-order valence-corrected chi connectivity index (χ3v) is 4.02. The number of carbonyl (C=O) groups is 3. The predicted octanol–water partition coefficient (Wildman–Crippen LogP) is 1.51. The summed E-state index contributed by atoms with van der Waals surface area (Å²) in [7, 11) is 0. The number of carbonyl (C=O) groups excluding carboxylic acids is 2. The van der Waals surface area contributed by atoms with Gasteiger partial charge in [-0.05, 0) is 30.8 Å². The smallest absolute Gasteiger partial charge is 0.326 e. The van der Waals surface area contributed by atoms with E-state index in [0.717, 1.165) is 17.1 Å². The molecule has 0 aromatic carbocycles. The second kappa shape index (κ2) is 7.41. The van der Waals surface area contributed by atoms with Crippen LogP contribution in [0.1, 0.15) is 39.0 Å². The van der Waals surface area contributed by atoms with E-state index in [4.69, 9.17) is 5.11 Å². The number of nitrogens with zero attached hydrogens (tertiary/aromatic N) is 1. The van der Waals surface area contributed by atoms with Crippen LogP contribution >= 0.6 is 11.8 Å². The Kier molecular flexibility index (Phi) is 6.18. The molecule has 2 amide bonds. The Balaban J connectivity index is 2.62. The van der Waals surface area contributed by atoms with Gasteiger partial charge in [0.05, 0.1) is 0 Å². The molecule has 1 N–H and O–H groups in total. The SMILES string of the molecule is CCCSCCC(C(=O)O)N1C(=O)CCCC1=O. The third-order valence-electron chi connectivity index (χ3n) is 2.80. The summed E-state index contributed by atoms with van der Waals surface area (Å²) in [6.45, 7) is 2.05. The van der Waals surface area contributed by atoms with Crippen LogP contribution in [0.5, 0.6) is 0 Å². The molecule has 6 heteroatoms. The minimum absolute atomic E-state index is 0.275. The molecular formula is C12H19NO4S. The summed E-state index contributed by atoms with van der Waals surface area (Å²) in [6.07, 6.45) is 2.45. The van der Waals surface area contributed by atoms with Crippen molar-refractivity contribution in [1.82, 2.24) is 4.90 Å². The van der Waals surface area contributed by atoms with Gasteiger partial charge in [-0.25, -0.2) is 4.79 Å². The number of amides is 2. The number of thioether (sulfide) groups is 1. The fourth-order valence-corrected chi connectivity index (χ4v) is 2.81. The Hall–Kier alpha value is -1.04. The van der Waals surface area contributed by atoms with E-state index in [-0.39, 0.29) is 24.7 Å². The molecule has 0 bridgehead atoms. The summed E-state index contributed by atoms with van der Waals surface area (Å²) in [6, 6.07) is -0.991. The van der Waals surface area contributed by atoms with Crippen LogP contribution in [-0.2, 0) is 14.4 Å². The van der Waals surface area contributed by atoms with Gasteiger partial charge in [0.2, 0.25) is 11.8 Å². The first-order valence-corrected chi connectivity index (χ1v) is 7.38. The summed E-state index contributed by atoms with van der Waals surface area (Å²) in [5.74, 6) is -0.162. The summed E-state index contributed by atoms with van der Waals surface area (Å²) in [4.78, 5) is 35.5. The minimum atomic E-state index is -1.09. The normalized spacial score (nSPS) is 17.9. The molecule has 18 heavy (non-hydrogen) atoms. The van der Waals surface area contributed by atoms with Gasteiger partial charge in [-0.3, -0.25) is 14.5 Å². The topological polar surface area (TPSA) is 74.7 Å². The molecule has 5 nitrogen and oxygen atoms in total. The number of hydrogen-bond donors (Lipinski definition) is 1. The van der Waals surface area contributed by atoms with E-state index in [0.29, 0.717) is 18.6 Å². The first-order valence-electron chi connectivity index (χ1n) is 6.23. The number of likely N-dealkylation sites (tertiary alicyclic amines) is 1. The fraction of sp³-hybridized carbons (Fsp3) is 0.750. The Morgan fingerprint density at radius 3 is 2.44 bits per heavy atom. The van der Waals surface area contributed by atoms with Crippen molar-refractivity contribution in [3.63, 3.8) is 0 Å². The Morgan fingerprint density at radius 1 is 1.33 bits per heavy atom. The van der Waals surface area contributed by atoms with Gasteiger partial charge < -0.3 is 5.11 Å². The van der Waals surface area contributed by atoms with Crippen molar-refractivity contribution in [3.8, 4) is 0 Å². The zero-order chi connectivity index (χ0) is 13.5. The first kappa shape index (κ1) is 15.0. The van der Waals surface area contributed by atoms with Gasteiger partial charge in [-0.1, -0.05) is 6.92 Å². The molecule has 1 aliphatic heterocycles. The highest BCUT2D eigenvalue weighted by Crippen LogP contribution is 2.19. The largest absolute Gasteiger partial charge is 0.480 e. The maximum Gasteiger partial charge on any atom is 0.326 e. The third kappa shape index (κ3) is 4.01. The summed E-state index contributed by atoms with van der Waals surface area (Å²) in [5, 5.41) is 9.16. The quantitative estimate of drug-likeness (QED) is 0.562. The molecule has 0 saturated carbocycles. The lowest BCUT2D eigenvalue weighted by Crippen LogP contribution is -2.50. The van der Waals surface area contributed by atoms with Gasteiger partial charge in [-0.15, -0.1) is 0 Å². The average molecular weight is 273 g/mol. The first-order chi connectivity index (χ1) is 8.57. The van der Waals surface area contributed by atoms with Gasteiger partial charge in [0.15, 0.2) is 0 Å². The zero-order valence-corrected chi connectivity index (χ0v) is 11.4. The molecule has 1 rings (SSSR count). The maximum absolute atomic E-state index is 11.7. The summed E-state index contributed by atoms with van der Waals surface area (Å²) in [5.41, 5.74) is 0. The highest BCUT2D eigenvalue weighted by atomic mass is 32.2. The summed E-state index contributed by atoms with van der Waals surface area (Å²) < 4.78 is 0. The van der Waals surface area contributed by atoms with Crippen molar-refractivity contribution in [2.24, 2.45) is 0 Å². The lowest BCUT2D eigenvalue weighted by Gasteiger charge is -2.30. The van der Waals surface area contributed by atoms with Gasteiger partial charge >= 0.3 is 5.97 Å². The molecule has 0 aliphatic carbocycles. The number of hydrogen-bond acceptors (Lipinski definition) is 4. The lowest BCUT2D eigenvalue weighted by molar-refractivity contribution is -0.160. The van der Waals surface area contributed by atoms with Crippen molar-refractivity contribution < 1.29 is 19.5 Å². The van der Waals surface area contributed by atoms with Crippen LogP contribution in [-0.4, -0.2) is 45.3 Å². The van der Waals surface area contributed by atoms with Crippen LogP contribution in [0.25, 0.3) is 0 Å². The monoisotopic (exact) mass is 273 g/mol. The Bertz CT molecular complexity index is 316. The number of carboxylic acid groups (broad SMARTS) is 1. The minimum Gasteiger partial charge on any atom is -0.480 e. The zero-order valence-electron chi connectivity index (χ0n) is 10.6. The number of carboxylic acids is 1. The molecule has 1 aliphatic rings. The van der Waals surface area contributed by atoms with Crippen molar-refractivity contribution in [2.75, 3.05) is 11.5 Å². The van der Waals surface area contributed by atoms with E-state index in [2.05, 4.69) is 6.92 Å². The second-order valence-corrected chi connectivity index (χ2v) is 5.49. The molecule has 0 aromatic rings. The number of piperidine rings is 1. The second-order valence-electron chi connectivity index (χ2n) is 4.27. The molecule has 0 spiro atoms. The maximum atomic E-state index is 11.7. The molecule has 1 heterocycles. The molecule has 1 fully saturated rings. The summed E-state index contributed by atoms with van der Waals surface area (Å²) >= 11 is 1.65. The van der Waals surface area contributed by atoms with Crippen LogP contribution in [0.2, 0.25) is 0 Å². The van der Waals surface area contributed by atoms with E-state index >= 15 is 0 Å². The van der Waals surface area contributed by atoms with Crippen LogP contribution in [0.15, 0.2) is 0 Å². The van der Waals surface area contributed by atoms with Crippen molar-refractivity contribution in [2.45, 2.75) is 45.1 Å². The van der Waals surface area contributed by atoms with E-state index < -0.39 is 12.0 Å². The fourth-order valence-electron chi connectivity index (χ4n) is 1.92. The molecule has 102 valence electrons. The Labute approximate surface area is 111 Å². The molecule has 0 radical (unpaired) electrons. The number of aliphatic carboxylic acids is 1. The lowest BCUT2D eigenvalue weighted by atomic mass is 10.1. The molecular weight excluding hydrogens is 254 g/mol. The van der Waals surface area contributed by atoms with Crippen molar-refractivity contribution in [1.29, 1.82) is 0 Å². The standard InChI is InChI=1S/C12H19NO4S/c1-2-7-18-8-6-9(12(16)17)13-10(14)4-3-5-11(13)15/h9H,2-8H2,1H3,(H,16,17). The highest BCUT2D eigenvalue weighted by Gasteiger charge is 2.36. The Morgan fingerprint density at radius 2 is 1.94 bits per heavy atom. The average Bonchev–Trinajstić information content (AvgIpc) is 2.31. The molecule has 1 saturated heterocycles. The van der Waals surface area contributed by atoms with E-state index in [1.807, 2.05) is 0 Å². The van der Waals surface area contributed by atoms with Gasteiger partial charge in [-0.2, -0.15) is 11.8 Å². The van der Waals surface area contributed by atoms with E-state index in [1.54, 1.807) is 11.8 Å². The molecule has 0 aromatic heterocycles. The van der Waals surface area contributed by atoms with Crippen molar-refractivity contribution in [3.05, 3.63) is 0 Å².